The van der Waals surface area contributed by atoms with E-state index in [0.29, 0.717) is 0 Å². The first-order valence-corrected chi connectivity index (χ1v) is 7.65. The Kier molecular flexibility index (Phi) is 4.37. The maximum atomic E-state index is 13.7. The van der Waals surface area contributed by atoms with Gasteiger partial charge in [0.25, 0.3) is 0 Å². The monoisotopic (exact) mass is 297 g/mol. The molecular weight excluding hydrogens is 277 g/mol. The number of hydrogen-bond acceptors (Lipinski definition) is 3. The highest BCUT2D eigenvalue weighted by Gasteiger charge is 2.15. The average molecular weight is 297 g/mol. The van der Waals surface area contributed by atoms with E-state index in [1.807, 2.05) is 18.2 Å². The fraction of sp³-hybridized carbons (Fsp3) is 0.278. The average Bonchev–Trinajstić information content (AvgIpc) is 2.56. The minimum Gasteiger partial charge on any atom is -0.370 e. The van der Waals surface area contributed by atoms with Gasteiger partial charge in [0, 0.05) is 36.7 Å². The molecule has 2 heterocycles. The van der Waals surface area contributed by atoms with Crippen molar-refractivity contribution in [2.24, 2.45) is 0 Å². The van der Waals surface area contributed by atoms with Gasteiger partial charge in [-0.05, 0) is 49.6 Å². The summed E-state index contributed by atoms with van der Waals surface area (Å²) in [5.41, 5.74) is 3.50. The SMILES string of the molecule is C=C(Nc1cc(F)ccc1N1CCCCC1)c1ccncc1. The van der Waals surface area contributed by atoms with Crippen LogP contribution in [0.25, 0.3) is 5.70 Å². The number of halogens is 1. The van der Waals surface area contributed by atoms with Crippen LogP contribution in [0.5, 0.6) is 0 Å². The smallest absolute Gasteiger partial charge is 0.125 e. The van der Waals surface area contributed by atoms with Gasteiger partial charge in [0.05, 0.1) is 11.4 Å². The van der Waals surface area contributed by atoms with Crippen molar-refractivity contribution in [1.82, 2.24) is 4.98 Å². The van der Waals surface area contributed by atoms with E-state index in [1.54, 1.807) is 12.4 Å². The summed E-state index contributed by atoms with van der Waals surface area (Å²) in [6.45, 7) is 6.09. The number of hydrogen-bond donors (Lipinski definition) is 1. The van der Waals surface area contributed by atoms with Gasteiger partial charge in [-0.25, -0.2) is 4.39 Å². The molecule has 1 aliphatic rings. The molecule has 2 aromatic rings. The number of rotatable bonds is 4. The van der Waals surface area contributed by atoms with Gasteiger partial charge in [0.1, 0.15) is 5.82 Å². The molecular formula is C18H20FN3. The molecule has 1 aromatic carbocycles. The quantitative estimate of drug-likeness (QED) is 0.912. The van der Waals surface area contributed by atoms with Crippen molar-refractivity contribution < 1.29 is 4.39 Å². The topological polar surface area (TPSA) is 28.2 Å². The van der Waals surface area contributed by atoms with Crippen molar-refractivity contribution in [2.45, 2.75) is 19.3 Å². The van der Waals surface area contributed by atoms with Crippen LogP contribution in [0.1, 0.15) is 24.8 Å². The molecule has 1 saturated heterocycles. The Hall–Kier alpha value is -2.36. The molecule has 1 aliphatic heterocycles. The molecule has 0 amide bonds. The van der Waals surface area contributed by atoms with Crippen molar-refractivity contribution in [1.29, 1.82) is 0 Å². The van der Waals surface area contributed by atoms with Crippen LogP contribution in [0, 0.1) is 5.82 Å². The summed E-state index contributed by atoms with van der Waals surface area (Å²) in [5, 5.41) is 3.26. The summed E-state index contributed by atoms with van der Waals surface area (Å²) in [5.74, 6) is -0.245. The van der Waals surface area contributed by atoms with Gasteiger partial charge in [-0.2, -0.15) is 0 Å². The summed E-state index contributed by atoms with van der Waals surface area (Å²) >= 11 is 0. The van der Waals surface area contributed by atoms with Crippen molar-refractivity contribution >= 4 is 17.1 Å². The molecule has 0 bridgehead atoms. The lowest BCUT2D eigenvalue weighted by Gasteiger charge is -2.31. The van der Waals surface area contributed by atoms with E-state index in [-0.39, 0.29) is 5.82 Å². The fourth-order valence-corrected chi connectivity index (χ4v) is 2.81. The highest BCUT2D eigenvalue weighted by molar-refractivity contribution is 5.82. The second kappa shape index (κ2) is 6.60. The van der Waals surface area contributed by atoms with E-state index in [0.717, 1.165) is 35.7 Å². The van der Waals surface area contributed by atoms with Crippen LogP contribution >= 0.6 is 0 Å². The van der Waals surface area contributed by atoms with Crippen LogP contribution < -0.4 is 10.2 Å². The molecule has 0 aliphatic carbocycles. The Bertz CT molecular complexity index is 649. The number of piperidine rings is 1. The number of nitrogens with zero attached hydrogens (tertiary/aromatic N) is 2. The van der Waals surface area contributed by atoms with Gasteiger partial charge in [-0.1, -0.05) is 6.58 Å². The molecule has 4 heteroatoms. The van der Waals surface area contributed by atoms with Crippen molar-refractivity contribution in [2.75, 3.05) is 23.3 Å². The zero-order valence-electron chi connectivity index (χ0n) is 12.6. The number of anilines is 2. The van der Waals surface area contributed by atoms with Crippen LogP contribution in [-0.2, 0) is 0 Å². The number of benzene rings is 1. The van der Waals surface area contributed by atoms with Crippen LogP contribution in [0.15, 0.2) is 49.3 Å². The number of nitrogens with one attached hydrogen (secondary N) is 1. The van der Waals surface area contributed by atoms with Gasteiger partial charge < -0.3 is 10.2 Å². The first-order valence-electron chi connectivity index (χ1n) is 7.65. The van der Waals surface area contributed by atoms with E-state index < -0.39 is 0 Å². The molecule has 114 valence electrons. The van der Waals surface area contributed by atoms with Crippen LogP contribution in [0.3, 0.4) is 0 Å². The molecule has 0 saturated carbocycles. The van der Waals surface area contributed by atoms with Gasteiger partial charge in [-0.3, -0.25) is 4.98 Å². The number of pyridine rings is 1. The van der Waals surface area contributed by atoms with Crippen LogP contribution in [0.2, 0.25) is 0 Å². The first kappa shape index (κ1) is 14.6. The molecule has 0 spiro atoms. The molecule has 0 atom stereocenters. The van der Waals surface area contributed by atoms with Gasteiger partial charge in [-0.15, -0.1) is 0 Å². The van der Waals surface area contributed by atoms with Crippen LogP contribution in [-0.4, -0.2) is 18.1 Å². The minimum atomic E-state index is -0.245. The Labute approximate surface area is 130 Å². The maximum absolute atomic E-state index is 13.7. The van der Waals surface area contributed by atoms with Gasteiger partial charge in [0.2, 0.25) is 0 Å². The summed E-state index contributed by atoms with van der Waals surface area (Å²) in [6.07, 6.45) is 7.08. The Morgan fingerprint density at radius 1 is 1.09 bits per heavy atom. The zero-order valence-corrected chi connectivity index (χ0v) is 12.6. The molecule has 1 fully saturated rings. The Morgan fingerprint density at radius 3 is 2.55 bits per heavy atom. The molecule has 3 nitrogen and oxygen atoms in total. The van der Waals surface area contributed by atoms with Crippen molar-refractivity contribution in [3.8, 4) is 0 Å². The summed E-state index contributed by atoms with van der Waals surface area (Å²) in [7, 11) is 0. The van der Waals surface area contributed by atoms with E-state index in [1.165, 1.54) is 31.4 Å². The van der Waals surface area contributed by atoms with E-state index in [4.69, 9.17) is 0 Å². The fourth-order valence-electron chi connectivity index (χ4n) is 2.81. The summed E-state index contributed by atoms with van der Waals surface area (Å²) in [4.78, 5) is 6.31. The molecule has 0 radical (unpaired) electrons. The third kappa shape index (κ3) is 3.27. The summed E-state index contributed by atoms with van der Waals surface area (Å²) in [6, 6.07) is 8.67. The third-order valence-electron chi connectivity index (χ3n) is 3.97. The second-order valence-corrected chi connectivity index (χ2v) is 5.55. The normalized spacial score (nSPS) is 14.7. The predicted octanol–water partition coefficient (Wildman–Crippen LogP) is 4.29. The van der Waals surface area contributed by atoms with Crippen molar-refractivity contribution in [3.05, 3.63) is 60.7 Å². The van der Waals surface area contributed by atoms with Crippen LogP contribution in [0.4, 0.5) is 15.8 Å². The largest absolute Gasteiger partial charge is 0.370 e. The summed E-state index contributed by atoms with van der Waals surface area (Å²) < 4.78 is 13.7. The molecule has 3 rings (SSSR count). The molecule has 1 aromatic heterocycles. The zero-order chi connectivity index (χ0) is 15.4. The van der Waals surface area contributed by atoms with E-state index in [9.17, 15) is 4.39 Å². The number of aromatic nitrogens is 1. The highest BCUT2D eigenvalue weighted by atomic mass is 19.1. The third-order valence-corrected chi connectivity index (χ3v) is 3.97. The van der Waals surface area contributed by atoms with E-state index >= 15 is 0 Å². The van der Waals surface area contributed by atoms with Gasteiger partial charge in [0.15, 0.2) is 0 Å². The minimum absolute atomic E-state index is 0.245. The lowest BCUT2D eigenvalue weighted by Crippen LogP contribution is -2.30. The molecule has 22 heavy (non-hydrogen) atoms. The van der Waals surface area contributed by atoms with Gasteiger partial charge >= 0.3 is 0 Å². The maximum Gasteiger partial charge on any atom is 0.125 e. The standard InChI is InChI=1S/C18H20FN3/c1-14(15-7-9-20-10-8-15)21-17-13-16(19)5-6-18(17)22-11-3-2-4-12-22/h5-10,13,21H,1-4,11-12H2. The van der Waals surface area contributed by atoms with E-state index in [2.05, 4.69) is 21.8 Å². The lowest BCUT2D eigenvalue weighted by molar-refractivity contribution is 0.577. The predicted molar refractivity (Wildman–Crippen MR) is 89.4 cm³/mol. The second-order valence-electron chi connectivity index (χ2n) is 5.55. The first-order chi connectivity index (χ1) is 10.7. The van der Waals surface area contributed by atoms with Crippen molar-refractivity contribution in [3.63, 3.8) is 0 Å². The lowest BCUT2D eigenvalue weighted by atomic mass is 10.1. The Morgan fingerprint density at radius 2 is 1.82 bits per heavy atom. The Balaban J connectivity index is 1.85. The highest BCUT2D eigenvalue weighted by Crippen LogP contribution is 2.31. The molecule has 0 unspecified atom stereocenters. The molecule has 1 N–H and O–H groups in total.